The number of ether oxygens (including phenoxy) is 1. The standard InChI is InChI=1S/C18H28N2O2/c1-14(2)22-17-6-4-16(5-7-17)12-19-18(21)13-20-10-8-15(3)9-11-20/h4-7,14-15H,8-13H2,1-3H3,(H,19,21). The highest BCUT2D eigenvalue weighted by molar-refractivity contribution is 5.78. The molecule has 1 aliphatic rings. The van der Waals surface area contributed by atoms with E-state index in [1.807, 2.05) is 38.1 Å². The summed E-state index contributed by atoms with van der Waals surface area (Å²) >= 11 is 0. The molecule has 1 aromatic rings. The molecule has 0 radical (unpaired) electrons. The highest BCUT2D eigenvalue weighted by Crippen LogP contribution is 2.16. The minimum atomic E-state index is 0.108. The Morgan fingerprint density at radius 2 is 1.91 bits per heavy atom. The Labute approximate surface area is 133 Å². The Balaban J connectivity index is 1.71. The zero-order chi connectivity index (χ0) is 15.9. The molecule has 1 heterocycles. The number of piperidine rings is 1. The van der Waals surface area contributed by atoms with Crippen molar-refractivity contribution < 1.29 is 9.53 Å². The van der Waals surface area contributed by atoms with Crippen LogP contribution in [-0.2, 0) is 11.3 Å². The molecule has 0 aliphatic carbocycles. The lowest BCUT2D eigenvalue weighted by molar-refractivity contribution is -0.122. The van der Waals surface area contributed by atoms with Gasteiger partial charge in [0.05, 0.1) is 12.6 Å². The van der Waals surface area contributed by atoms with Crippen molar-refractivity contribution in [2.75, 3.05) is 19.6 Å². The molecule has 0 aromatic heterocycles. The second-order valence-electron chi connectivity index (χ2n) is 6.55. The lowest BCUT2D eigenvalue weighted by Gasteiger charge is -2.29. The van der Waals surface area contributed by atoms with Crippen LogP contribution in [0.25, 0.3) is 0 Å². The summed E-state index contributed by atoms with van der Waals surface area (Å²) in [5.74, 6) is 1.77. The van der Waals surface area contributed by atoms with Gasteiger partial charge in [0.25, 0.3) is 0 Å². The monoisotopic (exact) mass is 304 g/mol. The molecular formula is C18H28N2O2. The largest absolute Gasteiger partial charge is 0.491 e. The fourth-order valence-corrected chi connectivity index (χ4v) is 2.64. The van der Waals surface area contributed by atoms with Crippen molar-refractivity contribution in [1.82, 2.24) is 10.2 Å². The third-order valence-electron chi connectivity index (χ3n) is 4.03. The zero-order valence-electron chi connectivity index (χ0n) is 14.0. The van der Waals surface area contributed by atoms with Gasteiger partial charge in [-0.25, -0.2) is 0 Å². The SMILES string of the molecule is CC1CCN(CC(=O)NCc2ccc(OC(C)C)cc2)CC1. The molecule has 1 fully saturated rings. The van der Waals surface area contributed by atoms with Crippen LogP contribution in [0.4, 0.5) is 0 Å². The minimum absolute atomic E-state index is 0.108. The molecule has 1 amide bonds. The highest BCUT2D eigenvalue weighted by atomic mass is 16.5. The molecule has 0 atom stereocenters. The number of nitrogens with zero attached hydrogens (tertiary/aromatic N) is 1. The maximum atomic E-state index is 12.0. The van der Waals surface area contributed by atoms with Gasteiger partial charge in [-0.15, -0.1) is 0 Å². The third kappa shape index (κ3) is 5.68. The molecule has 1 aliphatic heterocycles. The predicted molar refractivity (Wildman–Crippen MR) is 88.9 cm³/mol. The van der Waals surface area contributed by atoms with Gasteiger partial charge < -0.3 is 10.1 Å². The van der Waals surface area contributed by atoms with E-state index in [0.717, 1.165) is 30.3 Å². The molecule has 4 nitrogen and oxygen atoms in total. The first-order valence-corrected chi connectivity index (χ1v) is 8.27. The summed E-state index contributed by atoms with van der Waals surface area (Å²) in [5.41, 5.74) is 1.09. The van der Waals surface area contributed by atoms with E-state index in [1.54, 1.807) is 0 Å². The van der Waals surface area contributed by atoms with Gasteiger partial charge >= 0.3 is 0 Å². The molecule has 1 N–H and O–H groups in total. The number of hydrogen-bond acceptors (Lipinski definition) is 3. The number of likely N-dealkylation sites (tertiary alicyclic amines) is 1. The van der Waals surface area contributed by atoms with Crippen LogP contribution in [0.1, 0.15) is 39.2 Å². The molecule has 122 valence electrons. The summed E-state index contributed by atoms with van der Waals surface area (Å²) < 4.78 is 5.61. The van der Waals surface area contributed by atoms with Crippen LogP contribution in [0.5, 0.6) is 5.75 Å². The van der Waals surface area contributed by atoms with Gasteiger partial charge in [-0.1, -0.05) is 19.1 Å². The van der Waals surface area contributed by atoms with E-state index < -0.39 is 0 Å². The van der Waals surface area contributed by atoms with Crippen molar-refractivity contribution in [3.8, 4) is 5.75 Å². The van der Waals surface area contributed by atoms with Crippen LogP contribution in [-0.4, -0.2) is 36.5 Å². The molecule has 0 spiro atoms. The number of carbonyl (C=O) groups is 1. The van der Waals surface area contributed by atoms with E-state index in [4.69, 9.17) is 4.74 Å². The van der Waals surface area contributed by atoms with E-state index in [-0.39, 0.29) is 12.0 Å². The number of rotatable bonds is 6. The summed E-state index contributed by atoms with van der Waals surface area (Å²) in [6, 6.07) is 7.90. The van der Waals surface area contributed by atoms with Crippen molar-refractivity contribution in [2.45, 2.75) is 46.3 Å². The molecule has 1 saturated heterocycles. The van der Waals surface area contributed by atoms with Crippen LogP contribution in [0.2, 0.25) is 0 Å². The van der Waals surface area contributed by atoms with E-state index in [9.17, 15) is 4.79 Å². The van der Waals surface area contributed by atoms with Gasteiger partial charge in [-0.2, -0.15) is 0 Å². The second kappa shape index (κ2) is 8.18. The topological polar surface area (TPSA) is 41.6 Å². The van der Waals surface area contributed by atoms with E-state index >= 15 is 0 Å². The summed E-state index contributed by atoms with van der Waals surface area (Å²) in [6.07, 6.45) is 2.58. The van der Waals surface area contributed by atoms with Crippen LogP contribution in [0, 0.1) is 5.92 Å². The van der Waals surface area contributed by atoms with Gasteiger partial charge in [0.2, 0.25) is 5.91 Å². The molecular weight excluding hydrogens is 276 g/mol. The Bertz CT molecular complexity index is 462. The second-order valence-corrected chi connectivity index (χ2v) is 6.55. The smallest absolute Gasteiger partial charge is 0.234 e. The lowest BCUT2D eigenvalue weighted by atomic mass is 9.99. The highest BCUT2D eigenvalue weighted by Gasteiger charge is 2.17. The number of nitrogens with one attached hydrogen (secondary N) is 1. The van der Waals surface area contributed by atoms with E-state index in [1.165, 1.54) is 12.8 Å². The normalized spacial score (nSPS) is 16.7. The minimum Gasteiger partial charge on any atom is -0.491 e. The molecule has 1 aromatic carbocycles. The van der Waals surface area contributed by atoms with Gasteiger partial charge in [0, 0.05) is 6.54 Å². The number of carbonyl (C=O) groups excluding carboxylic acids is 1. The molecule has 4 heteroatoms. The van der Waals surface area contributed by atoms with Gasteiger partial charge in [-0.05, 0) is 63.4 Å². The summed E-state index contributed by atoms with van der Waals surface area (Å²) in [5, 5.41) is 3.00. The van der Waals surface area contributed by atoms with Crippen molar-refractivity contribution in [1.29, 1.82) is 0 Å². The Hall–Kier alpha value is -1.55. The van der Waals surface area contributed by atoms with Crippen LogP contribution in [0.3, 0.4) is 0 Å². The van der Waals surface area contributed by atoms with Crippen LogP contribution >= 0.6 is 0 Å². The maximum absolute atomic E-state index is 12.0. The number of amides is 1. The van der Waals surface area contributed by atoms with E-state index in [2.05, 4.69) is 17.1 Å². The van der Waals surface area contributed by atoms with Crippen molar-refractivity contribution >= 4 is 5.91 Å². The molecule has 0 saturated carbocycles. The maximum Gasteiger partial charge on any atom is 0.234 e. The van der Waals surface area contributed by atoms with Crippen LogP contribution in [0.15, 0.2) is 24.3 Å². The van der Waals surface area contributed by atoms with Gasteiger partial charge in [0.15, 0.2) is 0 Å². The first kappa shape index (κ1) is 16.8. The first-order chi connectivity index (χ1) is 10.5. The lowest BCUT2D eigenvalue weighted by Crippen LogP contribution is -2.41. The molecule has 0 unspecified atom stereocenters. The van der Waals surface area contributed by atoms with Crippen molar-refractivity contribution in [3.63, 3.8) is 0 Å². The Morgan fingerprint density at radius 3 is 2.50 bits per heavy atom. The van der Waals surface area contributed by atoms with E-state index in [0.29, 0.717) is 13.1 Å². The van der Waals surface area contributed by atoms with Gasteiger partial charge in [0.1, 0.15) is 5.75 Å². The Morgan fingerprint density at radius 1 is 1.27 bits per heavy atom. The Kier molecular flexibility index (Phi) is 6.25. The number of benzene rings is 1. The predicted octanol–water partition coefficient (Wildman–Crippen LogP) is 2.82. The fourth-order valence-electron chi connectivity index (χ4n) is 2.64. The number of hydrogen-bond donors (Lipinski definition) is 1. The molecule has 2 rings (SSSR count). The third-order valence-corrected chi connectivity index (χ3v) is 4.03. The van der Waals surface area contributed by atoms with Crippen molar-refractivity contribution in [2.24, 2.45) is 5.92 Å². The van der Waals surface area contributed by atoms with Crippen molar-refractivity contribution in [3.05, 3.63) is 29.8 Å². The first-order valence-electron chi connectivity index (χ1n) is 8.27. The fraction of sp³-hybridized carbons (Fsp3) is 0.611. The average molecular weight is 304 g/mol. The summed E-state index contributed by atoms with van der Waals surface area (Å²) in [7, 11) is 0. The zero-order valence-corrected chi connectivity index (χ0v) is 14.0. The summed E-state index contributed by atoms with van der Waals surface area (Å²) in [4.78, 5) is 14.2. The van der Waals surface area contributed by atoms with Crippen LogP contribution < -0.4 is 10.1 Å². The average Bonchev–Trinajstić information content (AvgIpc) is 2.48. The molecule has 22 heavy (non-hydrogen) atoms. The molecule has 0 bridgehead atoms. The summed E-state index contributed by atoms with van der Waals surface area (Å²) in [6.45, 7) is 9.47. The van der Waals surface area contributed by atoms with Gasteiger partial charge in [-0.3, -0.25) is 9.69 Å². The quantitative estimate of drug-likeness (QED) is 0.878.